The number of nitrogens with one attached hydrogen (secondary N) is 1. The number of amides is 1. The predicted octanol–water partition coefficient (Wildman–Crippen LogP) is 1.48. The minimum absolute atomic E-state index is 0.119. The van der Waals surface area contributed by atoms with E-state index < -0.39 is 11.2 Å². The maximum atomic E-state index is 12.9. The van der Waals surface area contributed by atoms with Crippen LogP contribution in [0.5, 0.6) is 0 Å². The number of hydrogen-bond acceptors (Lipinski definition) is 4. The van der Waals surface area contributed by atoms with Crippen LogP contribution in [0.25, 0.3) is 11.2 Å². The second kappa shape index (κ2) is 7.69. The number of hydrogen-bond donors (Lipinski definition) is 1. The highest BCUT2D eigenvalue weighted by atomic mass is 16.2. The Morgan fingerprint density at radius 3 is 2.55 bits per heavy atom. The first-order valence-electron chi connectivity index (χ1n) is 9.92. The molecule has 2 heterocycles. The summed E-state index contributed by atoms with van der Waals surface area (Å²) in [6, 6.07) is 9.77. The van der Waals surface area contributed by atoms with E-state index in [9.17, 15) is 14.4 Å². The van der Waals surface area contributed by atoms with Gasteiger partial charge in [-0.3, -0.25) is 14.2 Å². The molecule has 1 unspecified atom stereocenters. The Kier molecular flexibility index (Phi) is 5.08. The molecule has 1 aromatic carbocycles. The number of carbonyl (C=O) groups excluding carboxylic acids is 1. The van der Waals surface area contributed by atoms with Gasteiger partial charge in [-0.1, -0.05) is 43.2 Å². The van der Waals surface area contributed by atoms with Crippen LogP contribution < -0.4 is 16.6 Å². The maximum Gasteiger partial charge on any atom is 0.332 e. The van der Waals surface area contributed by atoms with Gasteiger partial charge in [-0.15, -0.1) is 0 Å². The van der Waals surface area contributed by atoms with E-state index in [1.807, 2.05) is 30.3 Å². The van der Waals surface area contributed by atoms with Crippen molar-refractivity contribution in [2.75, 3.05) is 0 Å². The van der Waals surface area contributed by atoms with Crippen molar-refractivity contribution in [3.05, 3.63) is 63.1 Å². The quantitative estimate of drug-likeness (QED) is 0.708. The molecule has 0 radical (unpaired) electrons. The highest BCUT2D eigenvalue weighted by Gasteiger charge is 2.28. The largest absolute Gasteiger partial charge is 0.347 e. The molecule has 0 saturated heterocycles. The van der Waals surface area contributed by atoms with Gasteiger partial charge in [0.1, 0.15) is 6.54 Å². The van der Waals surface area contributed by atoms with Crippen molar-refractivity contribution in [3.8, 4) is 0 Å². The molecule has 1 N–H and O–H groups in total. The third-order valence-corrected chi connectivity index (χ3v) is 5.85. The van der Waals surface area contributed by atoms with Gasteiger partial charge in [0, 0.05) is 14.1 Å². The molecule has 2 aromatic heterocycles. The molecule has 8 nitrogen and oxygen atoms in total. The van der Waals surface area contributed by atoms with Crippen molar-refractivity contribution in [2.45, 2.75) is 38.3 Å². The molecule has 1 aliphatic carbocycles. The van der Waals surface area contributed by atoms with Gasteiger partial charge in [0.25, 0.3) is 5.56 Å². The summed E-state index contributed by atoms with van der Waals surface area (Å²) < 4.78 is 3.85. The zero-order valence-electron chi connectivity index (χ0n) is 16.7. The topological polar surface area (TPSA) is 90.9 Å². The molecule has 1 amide bonds. The molecule has 1 fully saturated rings. The lowest BCUT2D eigenvalue weighted by molar-refractivity contribution is -0.122. The maximum absolute atomic E-state index is 12.9. The van der Waals surface area contributed by atoms with Gasteiger partial charge in [0.05, 0.1) is 12.4 Å². The molecule has 1 aliphatic rings. The van der Waals surface area contributed by atoms with Crippen LogP contribution in [-0.2, 0) is 25.4 Å². The van der Waals surface area contributed by atoms with Gasteiger partial charge in [0.15, 0.2) is 11.2 Å². The third kappa shape index (κ3) is 3.50. The van der Waals surface area contributed by atoms with Crippen molar-refractivity contribution in [1.82, 2.24) is 24.0 Å². The average molecular weight is 395 g/mol. The van der Waals surface area contributed by atoms with Crippen LogP contribution in [0.15, 0.2) is 46.2 Å². The van der Waals surface area contributed by atoms with E-state index in [0.29, 0.717) is 17.1 Å². The first-order chi connectivity index (χ1) is 14.0. The lowest BCUT2D eigenvalue weighted by Gasteiger charge is -2.25. The Morgan fingerprint density at radius 1 is 1.17 bits per heavy atom. The van der Waals surface area contributed by atoms with Crippen molar-refractivity contribution in [3.63, 3.8) is 0 Å². The number of fused-ring (bicyclic) bond motifs is 1. The lowest BCUT2D eigenvalue weighted by Crippen LogP contribution is -2.44. The zero-order chi connectivity index (χ0) is 20.5. The van der Waals surface area contributed by atoms with Gasteiger partial charge in [0.2, 0.25) is 5.91 Å². The van der Waals surface area contributed by atoms with Crippen LogP contribution in [0.4, 0.5) is 0 Å². The fraction of sp³-hybridized carbons (Fsp3) is 0.429. The number of benzene rings is 1. The van der Waals surface area contributed by atoms with E-state index in [0.717, 1.165) is 35.8 Å². The van der Waals surface area contributed by atoms with Crippen LogP contribution >= 0.6 is 0 Å². The number of rotatable bonds is 5. The molecule has 0 spiro atoms. The molecule has 8 heteroatoms. The van der Waals surface area contributed by atoms with Crippen molar-refractivity contribution < 1.29 is 4.79 Å². The molecule has 29 heavy (non-hydrogen) atoms. The average Bonchev–Trinajstić information content (AvgIpc) is 3.38. The van der Waals surface area contributed by atoms with Crippen LogP contribution in [0.2, 0.25) is 0 Å². The van der Waals surface area contributed by atoms with Gasteiger partial charge in [-0.2, -0.15) is 0 Å². The smallest absolute Gasteiger partial charge is 0.332 e. The Morgan fingerprint density at radius 2 is 1.86 bits per heavy atom. The molecule has 3 aromatic rings. The van der Waals surface area contributed by atoms with Crippen molar-refractivity contribution in [2.24, 2.45) is 20.0 Å². The number of carbonyl (C=O) groups is 1. The zero-order valence-corrected chi connectivity index (χ0v) is 16.7. The van der Waals surface area contributed by atoms with E-state index in [4.69, 9.17) is 0 Å². The number of aryl methyl sites for hydroxylation is 2. The van der Waals surface area contributed by atoms with Gasteiger partial charge < -0.3 is 9.88 Å². The van der Waals surface area contributed by atoms with Crippen molar-refractivity contribution >= 4 is 17.1 Å². The summed E-state index contributed by atoms with van der Waals surface area (Å²) in [6.07, 6.45) is 5.91. The van der Waals surface area contributed by atoms with Gasteiger partial charge in [-0.25, -0.2) is 14.3 Å². The summed E-state index contributed by atoms with van der Waals surface area (Å²) in [5, 5.41) is 3.08. The molecule has 152 valence electrons. The second-order valence-electron chi connectivity index (χ2n) is 7.76. The molecule has 0 aliphatic heterocycles. The van der Waals surface area contributed by atoms with E-state index >= 15 is 0 Å². The standard InChI is InChI=1S/C21H25N5O3/c1-24-13-22-19-18(24)20(28)26(21(29)25(19)2)12-16(27)23-17(15-10-6-7-11-15)14-8-4-3-5-9-14/h3-5,8-9,13,15,17H,6-7,10-12H2,1-2H3,(H,23,27). The van der Waals surface area contributed by atoms with Crippen LogP contribution in [0.3, 0.4) is 0 Å². The normalized spacial score (nSPS) is 15.7. The first-order valence-corrected chi connectivity index (χ1v) is 9.92. The Hall–Kier alpha value is -3.16. The minimum atomic E-state index is -0.548. The molecular weight excluding hydrogens is 370 g/mol. The number of imidazole rings is 1. The van der Waals surface area contributed by atoms with E-state index in [1.165, 1.54) is 10.9 Å². The molecule has 4 rings (SSSR count). The Bertz CT molecular complexity index is 1150. The fourth-order valence-electron chi connectivity index (χ4n) is 4.32. The van der Waals surface area contributed by atoms with E-state index in [2.05, 4.69) is 10.3 Å². The van der Waals surface area contributed by atoms with Crippen LogP contribution in [0, 0.1) is 5.92 Å². The molecule has 0 bridgehead atoms. The summed E-state index contributed by atoms with van der Waals surface area (Å²) in [5.74, 6) is 0.0203. The van der Waals surface area contributed by atoms with Crippen LogP contribution in [0.1, 0.15) is 37.3 Å². The van der Waals surface area contributed by atoms with Gasteiger partial charge in [-0.05, 0) is 24.3 Å². The first kappa shape index (κ1) is 19.2. The molecule has 1 atom stereocenters. The summed E-state index contributed by atoms with van der Waals surface area (Å²) in [6.45, 7) is -0.317. The predicted molar refractivity (Wildman–Crippen MR) is 109 cm³/mol. The SMILES string of the molecule is Cn1cnc2c1c(=O)n(CC(=O)NC(c1ccccc1)C1CCCC1)c(=O)n2C. The lowest BCUT2D eigenvalue weighted by atomic mass is 9.91. The summed E-state index contributed by atoms with van der Waals surface area (Å²) >= 11 is 0. The number of nitrogens with zero attached hydrogens (tertiary/aromatic N) is 4. The monoisotopic (exact) mass is 395 g/mol. The second-order valence-corrected chi connectivity index (χ2v) is 7.76. The van der Waals surface area contributed by atoms with Crippen LogP contribution in [-0.4, -0.2) is 24.6 Å². The van der Waals surface area contributed by atoms with E-state index in [-0.39, 0.29) is 18.5 Å². The van der Waals surface area contributed by atoms with Crippen molar-refractivity contribution in [1.29, 1.82) is 0 Å². The minimum Gasteiger partial charge on any atom is -0.347 e. The fourth-order valence-corrected chi connectivity index (χ4v) is 4.32. The summed E-state index contributed by atoms with van der Waals surface area (Å²) in [4.78, 5) is 42.5. The highest BCUT2D eigenvalue weighted by molar-refractivity contribution is 5.77. The summed E-state index contributed by atoms with van der Waals surface area (Å²) in [5.41, 5.74) is 0.613. The number of aromatic nitrogens is 4. The highest BCUT2D eigenvalue weighted by Crippen LogP contribution is 2.35. The molecule has 1 saturated carbocycles. The third-order valence-electron chi connectivity index (χ3n) is 5.85. The van der Waals surface area contributed by atoms with E-state index in [1.54, 1.807) is 18.7 Å². The van der Waals surface area contributed by atoms with Gasteiger partial charge >= 0.3 is 5.69 Å². The summed E-state index contributed by atoms with van der Waals surface area (Å²) in [7, 11) is 3.24. The Balaban J connectivity index is 1.64. The molecular formula is C21H25N5O3. The Labute approximate surface area is 167 Å².